The maximum Gasteiger partial charge on any atom is 0.262 e. The summed E-state index contributed by atoms with van der Waals surface area (Å²) < 4.78 is 7.61. The fourth-order valence-corrected chi connectivity index (χ4v) is 3.72. The summed E-state index contributed by atoms with van der Waals surface area (Å²) in [5.41, 5.74) is 1.84. The van der Waals surface area contributed by atoms with Gasteiger partial charge < -0.3 is 9.72 Å². The molecule has 26 heavy (non-hydrogen) atoms. The van der Waals surface area contributed by atoms with Gasteiger partial charge in [-0.25, -0.2) is 14.6 Å². The van der Waals surface area contributed by atoms with Crippen LogP contribution in [0.1, 0.15) is 51.3 Å². The average Bonchev–Trinajstić information content (AvgIpc) is 3.30. The van der Waals surface area contributed by atoms with Crippen molar-refractivity contribution in [3.8, 4) is 17.3 Å². The molecule has 3 aromatic heterocycles. The Hall–Kier alpha value is -2.70. The highest BCUT2D eigenvalue weighted by Crippen LogP contribution is 2.32. The van der Waals surface area contributed by atoms with E-state index >= 15 is 0 Å². The zero-order chi connectivity index (χ0) is 18.1. The maximum absolute atomic E-state index is 12.8. The van der Waals surface area contributed by atoms with Gasteiger partial charge in [-0.1, -0.05) is 19.8 Å². The van der Waals surface area contributed by atoms with Crippen LogP contribution in [0.3, 0.4) is 0 Å². The summed E-state index contributed by atoms with van der Waals surface area (Å²) in [5, 5.41) is 5.32. The van der Waals surface area contributed by atoms with Crippen LogP contribution in [-0.2, 0) is 6.42 Å². The lowest BCUT2D eigenvalue weighted by atomic mass is 10.2. The smallest absolute Gasteiger partial charge is 0.262 e. The summed E-state index contributed by atoms with van der Waals surface area (Å²) in [5.74, 6) is 1.04. The largest absolute Gasteiger partial charge is 0.491 e. The third-order valence-corrected chi connectivity index (χ3v) is 4.93. The summed E-state index contributed by atoms with van der Waals surface area (Å²) in [6.45, 7) is 4.45. The topological polar surface area (TPSA) is 85.7 Å². The molecule has 0 bridgehead atoms. The number of H-pyrrole nitrogens is 1. The number of pyridine rings is 1. The molecule has 0 aromatic carbocycles. The molecule has 0 spiro atoms. The minimum Gasteiger partial charge on any atom is -0.491 e. The monoisotopic (exact) mass is 353 g/mol. The SMILES string of the molecule is CCOc1cccnc1-c1nc2c(c(CC)nn2C2CCCC2)c(=O)[nH]1. The Labute approximate surface area is 151 Å². The molecule has 0 amide bonds. The van der Waals surface area contributed by atoms with Gasteiger partial charge in [0, 0.05) is 6.20 Å². The Bertz CT molecular complexity index is 985. The Morgan fingerprint density at radius 2 is 2.12 bits per heavy atom. The Kier molecular flexibility index (Phi) is 4.44. The maximum atomic E-state index is 12.8. The molecule has 1 N–H and O–H groups in total. The number of hydrogen-bond donors (Lipinski definition) is 1. The molecule has 0 radical (unpaired) electrons. The number of nitrogens with zero attached hydrogens (tertiary/aromatic N) is 4. The third-order valence-electron chi connectivity index (χ3n) is 4.93. The number of nitrogens with one attached hydrogen (secondary N) is 1. The van der Waals surface area contributed by atoms with Crippen molar-refractivity contribution >= 4 is 11.0 Å². The van der Waals surface area contributed by atoms with Gasteiger partial charge in [-0.15, -0.1) is 0 Å². The number of rotatable bonds is 5. The highest BCUT2D eigenvalue weighted by atomic mass is 16.5. The minimum atomic E-state index is -0.167. The van der Waals surface area contributed by atoms with Gasteiger partial charge in [-0.3, -0.25) is 4.79 Å². The first-order valence-electron chi connectivity index (χ1n) is 9.32. The Morgan fingerprint density at radius 3 is 2.85 bits per heavy atom. The van der Waals surface area contributed by atoms with Gasteiger partial charge in [0.1, 0.15) is 16.8 Å². The van der Waals surface area contributed by atoms with E-state index in [9.17, 15) is 4.79 Å². The fourth-order valence-electron chi connectivity index (χ4n) is 3.72. The zero-order valence-corrected chi connectivity index (χ0v) is 15.2. The lowest BCUT2D eigenvalue weighted by Crippen LogP contribution is -2.13. The molecule has 136 valence electrons. The second kappa shape index (κ2) is 6.90. The molecule has 1 aliphatic carbocycles. The number of aromatic nitrogens is 5. The standard InChI is InChI=1S/C19H23N5O2/c1-3-13-15-18(24(23-13)12-8-5-6-9-12)21-17(22-19(15)25)16-14(26-4-2)10-7-11-20-16/h7,10-12H,3-6,8-9H2,1-2H3,(H,21,22,25). The molecule has 1 fully saturated rings. The summed E-state index contributed by atoms with van der Waals surface area (Å²) in [7, 11) is 0. The second-order valence-electron chi connectivity index (χ2n) is 6.58. The predicted octanol–water partition coefficient (Wildman–Crippen LogP) is 3.26. The molecule has 0 saturated heterocycles. The van der Waals surface area contributed by atoms with Crippen LogP contribution in [0.25, 0.3) is 22.6 Å². The van der Waals surface area contributed by atoms with Crippen LogP contribution in [0, 0.1) is 0 Å². The van der Waals surface area contributed by atoms with E-state index in [0.29, 0.717) is 47.4 Å². The third kappa shape index (κ3) is 2.77. The van der Waals surface area contributed by atoms with Crippen LogP contribution >= 0.6 is 0 Å². The van der Waals surface area contributed by atoms with Crippen molar-refractivity contribution in [3.05, 3.63) is 34.4 Å². The molecule has 4 rings (SSSR count). The molecule has 7 heteroatoms. The van der Waals surface area contributed by atoms with Crippen molar-refractivity contribution in [3.63, 3.8) is 0 Å². The molecule has 3 aromatic rings. The molecular weight excluding hydrogens is 330 g/mol. The van der Waals surface area contributed by atoms with Gasteiger partial charge >= 0.3 is 0 Å². The molecule has 0 atom stereocenters. The first-order chi connectivity index (χ1) is 12.7. The van der Waals surface area contributed by atoms with Gasteiger partial charge in [0.25, 0.3) is 5.56 Å². The van der Waals surface area contributed by atoms with E-state index in [2.05, 4.69) is 9.97 Å². The lowest BCUT2D eigenvalue weighted by Gasteiger charge is -2.11. The van der Waals surface area contributed by atoms with Crippen molar-refractivity contribution < 1.29 is 4.74 Å². The van der Waals surface area contributed by atoms with Gasteiger partial charge in [0.2, 0.25) is 0 Å². The fraction of sp³-hybridized carbons (Fsp3) is 0.474. The van der Waals surface area contributed by atoms with Crippen LogP contribution in [0.15, 0.2) is 23.1 Å². The molecule has 1 saturated carbocycles. The van der Waals surface area contributed by atoms with Crippen molar-refractivity contribution in [1.82, 2.24) is 24.7 Å². The van der Waals surface area contributed by atoms with E-state index in [1.165, 1.54) is 12.8 Å². The number of fused-ring (bicyclic) bond motifs is 1. The summed E-state index contributed by atoms with van der Waals surface area (Å²) in [4.78, 5) is 24.9. The Morgan fingerprint density at radius 1 is 1.31 bits per heavy atom. The minimum absolute atomic E-state index is 0.167. The highest BCUT2D eigenvalue weighted by Gasteiger charge is 2.24. The second-order valence-corrected chi connectivity index (χ2v) is 6.58. The van der Waals surface area contributed by atoms with Crippen LogP contribution in [0.2, 0.25) is 0 Å². The number of aryl methyl sites for hydroxylation is 1. The van der Waals surface area contributed by atoms with Crippen molar-refractivity contribution in [2.24, 2.45) is 0 Å². The molecule has 3 heterocycles. The van der Waals surface area contributed by atoms with Crippen LogP contribution in [-0.4, -0.2) is 31.3 Å². The van der Waals surface area contributed by atoms with E-state index in [1.807, 2.05) is 30.7 Å². The number of hydrogen-bond acceptors (Lipinski definition) is 5. The van der Waals surface area contributed by atoms with Crippen LogP contribution in [0.5, 0.6) is 5.75 Å². The first kappa shape index (κ1) is 16.8. The van der Waals surface area contributed by atoms with Gasteiger partial charge in [-0.05, 0) is 38.3 Å². The number of ether oxygens (including phenoxy) is 1. The Balaban J connectivity index is 1.93. The molecule has 7 nitrogen and oxygen atoms in total. The van der Waals surface area contributed by atoms with E-state index in [0.717, 1.165) is 18.5 Å². The van der Waals surface area contributed by atoms with E-state index in [4.69, 9.17) is 14.8 Å². The van der Waals surface area contributed by atoms with Crippen LogP contribution < -0.4 is 10.3 Å². The molecule has 0 aliphatic heterocycles. The number of aromatic amines is 1. The normalized spacial score (nSPS) is 15.0. The summed E-state index contributed by atoms with van der Waals surface area (Å²) in [6.07, 6.45) is 6.92. The molecule has 0 unspecified atom stereocenters. The van der Waals surface area contributed by atoms with Crippen molar-refractivity contribution in [1.29, 1.82) is 0 Å². The van der Waals surface area contributed by atoms with Crippen LogP contribution in [0.4, 0.5) is 0 Å². The highest BCUT2D eigenvalue weighted by molar-refractivity contribution is 5.79. The van der Waals surface area contributed by atoms with Gasteiger partial charge in [0.05, 0.1) is 18.3 Å². The first-order valence-corrected chi connectivity index (χ1v) is 9.32. The van der Waals surface area contributed by atoms with E-state index < -0.39 is 0 Å². The zero-order valence-electron chi connectivity index (χ0n) is 15.2. The lowest BCUT2D eigenvalue weighted by molar-refractivity contribution is 0.340. The van der Waals surface area contributed by atoms with Gasteiger partial charge in [0.15, 0.2) is 11.5 Å². The van der Waals surface area contributed by atoms with Gasteiger partial charge in [-0.2, -0.15) is 5.10 Å². The van der Waals surface area contributed by atoms with E-state index in [1.54, 1.807) is 6.20 Å². The summed E-state index contributed by atoms with van der Waals surface area (Å²) >= 11 is 0. The molecular formula is C19H23N5O2. The predicted molar refractivity (Wildman–Crippen MR) is 99.4 cm³/mol. The quantitative estimate of drug-likeness (QED) is 0.761. The molecule has 1 aliphatic rings. The average molecular weight is 353 g/mol. The van der Waals surface area contributed by atoms with E-state index in [-0.39, 0.29) is 5.56 Å². The summed E-state index contributed by atoms with van der Waals surface area (Å²) in [6, 6.07) is 3.96. The van der Waals surface area contributed by atoms with Crippen molar-refractivity contribution in [2.45, 2.75) is 52.0 Å². The van der Waals surface area contributed by atoms with Crippen molar-refractivity contribution in [2.75, 3.05) is 6.61 Å².